The van der Waals surface area contributed by atoms with Crippen molar-refractivity contribution in [3.63, 3.8) is 0 Å². The van der Waals surface area contributed by atoms with Crippen LogP contribution in [-0.2, 0) is 28.8 Å². The summed E-state index contributed by atoms with van der Waals surface area (Å²) in [6.45, 7) is 6.25. The molecule has 1 aromatic carbocycles. The van der Waals surface area contributed by atoms with Gasteiger partial charge >= 0.3 is 17.9 Å². The average molecular weight is 749 g/mol. The standard InChI is InChI=1S/C35H56N8O10/c1-35(2,3)33(52)25-7-9-26(10-8-25)38-28(44)20-37-34(53)27(6-4-5-11-36)39-29(45)21-40-12-14-41(22-30(46)47)16-18-43(24-32(50)51)19-17-42(15-13-40)23-31(48)49/h7-10,27H,4-6,11-24,36H2,1-3H3,(H,37,53)(H,38,44)(H,39,45)(H,46,47)(H,48,49)(H,50,51)/t27-/m0/s1. The van der Waals surface area contributed by atoms with E-state index in [-0.39, 0.29) is 97.3 Å². The fourth-order valence-electron chi connectivity index (χ4n) is 5.62. The molecule has 8 N–H and O–H groups in total. The summed E-state index contributed by atoms with van der Waals surface area (Å²) in [7, 11) is 0. The van der Waals surface area contributed by atoms with Crippen molar-refractivity contribution >= 4 is 47.1 Å². The van der Waals surface area contributed by atoms with Crippen LogP contribution >= 0.6 is 0 Å². The maximum atomic E-state index is 13.4. The number of anilines is 1. The highest BCUT2D eigenvalue weighted by molar-refractivity contribution is 6.01. The number of aliphatic carboxylic acids is 3. The van der Waals surface area contributed by atoms with Crippen molar-refractivity contribution in [1.29, 1.82) is 0 Å². The molecule has 53 heavy (non-hydrogen) atoms. The zero-order chi connectivity index (χ0) is 39.6. The van der Waals surface area contributed by atoms with Crippen LogP contribution < -0.4 is 21.7 Å². The van der Waals surface area contributed by atoms with Crippen molar-refractivity contribution < 1.29 is 48.9 Å². The molecule has 0 saturated carbocycles. The summed E-state index contributed by atoms with van der Waals surface area (Å²) < 4.78 is 0. The molecule has 1 fully saturated rings. The average Bonchev–Trinajstić information content (AvgIpc) is 3.07. The Bertz CT molecular complexity index is 1370. The quantitative estimate of drug-likeness (QED) is 0.0707. The van der Waals surface area contributed by atoms with Crippen molar-refractivity contribution in [2.75, 3.05) is 96.9 Å². The van der Waals surface area contributed by atoms with E-state index in [1.807, 2.05) is 20.8 Å². The van der Waals surface area contributed by atoms with Crippen LogP contribution in [0, 0.1) is 5.41 Å². The number of nitrogens with two attached hydrogens (primary N) is 1. The van der Waals surface area contributed by atoms with E-state index in [9.17, 15) is 48.9 Å². The number of rotatable bonds is 18. The van der Waals surface area contributed by atoms with Crippen molar-refractivity contribution in [2.24, 2.45) is 11.1 Å². The molecule has 1 aromatic rings. The van der Waals surface area contributed by atoms with Crippen LogP contribution in [0.5, 0.6) is 0 Å². The van der Waals surface area contributed by atoms with Gasteiger partial charge in [-0.1, -0.05) is 20.8 Å². The van der Waals surface area contributed by atoms with Gasteiger partial charge in [0.05, 0.1) is 32.7 Å². The third kappa shape index (κ3) is 18.2. The first kappa shape index (κ1) is 44.7. The molecule has 0 unspecified atom stereocenters. The Kier molecular flexibility index (Phi) is 19.0. The van der Waals surface area contributed by atoms with Crippen LogP contribution in [0.2, 0.25) is 0 Å². The smallest absolute Gasteiger partial charge is 0.317 e. The molecule has 1 aliphatic rings. The minimum absolute atomic E-state index is 0.0418. The molecule has 1 aliphatic heterocycles. The monoisotopic (exact) mass is 748 g/mol. The second kappa shape index (κ2) is 22.5. The maximum absolute atomic E-state index is 13.4. The molecule has 1 saturated heterocycles. The number of carbonyl (C=O) groups is 7. The summed E-state index contributed by atoms with van der Waals surface area (Å²) in [4.78, 5) is 93.0. The summed E-state index contributed by atoms with van der Waals surface area (Å²) in [5, 5.41) is 36.3. The predicted molar refractivity (Wildman–Crippen MR) is 195 cm³/mol. The third-order valence-corrected chi connectivity index (χ3v) is 8.51. The molecular formula is C35H56N8O10. The number of hydrogen-bond acceptors (Lipinski definition) is 12. The largest absolute Gasteiger partial charge is 0.480 e. The topological polar surface area (TPSA) is 255 Å². The third-order valence-electron chi connectivity index (χ3n) is 8.51. The number of ketones is 1. The number of Topliss-reactive ketones (excluding diaryl/α,β-unsaturated/α-hetero) is 1. The van der Waals surface area contributed by atoms with Crippen molar-refractivity contribution in [3.05, 3.63) is 29.8 Å². The van der Waals surface area contributed by atoms with Crippen LogP contribution in [-0.4, -0.2) is 174 Å². The van der Waals surface area contributed by atoms with Gasteiger partial charge in [0, 0.05) is 69.0 Å². The Hall–Kier alpha value is -4.49. The lowest BCUT2D eigenvalue weighted by Gasteiger charge is -2.33. The normalized spacial score (nSPS) is 16.4. The first-order chi connectivity index (χ1) is 25.0. The Balaban J connectivity index is 2.09. The number of benzene rings is 1. The maximum Gasteiger partial charge on any atom is 0.317 e. The molecule has 0 spiro atoms. The molecule has 18 nitrogen and oxygen atoms in total. The highest BCUT2D eigenvalue weighted by Crippen LogP contribution is 2.22. The SMILES string of the molecule is CC(C)(C)C(=O)c1ccc(NC(=O)CNC(=O)[C@H](CCCCN)NC(=O)CN2CCN(CC(=O)O)CCN(CC(=O)O)CCN(CC(=O)O)CC2)cc1. The number of carboxylic acid groups (broad SMARTS) is 3. The summed E-state index contributed by atoms with van der Waals surface area (Å²) in [5.41, 5.74) is 6.03. The highest BCUT2D eigenvalue weighted by Gasteiger charge is 2.25. The van der Waals surface area contributed by atoms with E-state index in [4.69, 9.17) is 5.73 Å². The van der Waals surface area contributed by atoms with Gasteiger partial charge in [0.15, 0.2) is 5.78 Å². The number of amides is 3. The van der Waals surface area contributed by atoms with Crippen molar-refractivity contribution in [2.45, 2.75) is 46.1 Å². The van der Waals surface area contributed by atoms with E-state index in [1.165, 1.54) is 0 Å². The molecule has 296 valence electrons. The van der Waals surface area contributed by atoms with Gasteiger partial charge in [0.1, 0.15) is 6.04 Å². The molecule has 0 bridgehead atoms. The van der Waals surface area contributed by atoms with Crippen LogP contribution in [0.3, 0.4) is 0 Å². The van der Waals surface area contributed by atoms with Crippen molar-refractivity contribution in [1.82, 2.24) is 30.2 Å². The van der Waals surface area contributed by atoms with E-state index in [0.29, 0.717) is 30.6 Å². The zero-order valence-electron chi connectivity index (χ0n) is 31.0. The summed E-state index contributed by atoms with van der Waals surface area (Å²) in [5.74, 6) is -4.81. The van der Waals surface area contributed by atoms with Gasteiger partial charge in [0.25, 0.3) is 0 Å². The Labute approximate surface area is 310 Å². The molecule has 1 atom stereocenters. The van der Waals surface area contributed by atoms with E-state index in [1.54, 1.807) is 43.9 Å². The number of hydrogen-bond donors (Lipinski definition) is 7. The van der Waals surface area contributed by atoms with Gasteiger partial charge in [-0.2, -0.15) is 0 Å². The molecule has 0 radical (unpaired) electrons. The zero-order valence-corrected chi connectivity index (χ0v) is 31.0. The first-order valence-corrected chi connectivity index (χ1v) is 17.7. The van der Waals surface area contributed by atoms with Crippen LogP contribution in [0.4, 0.5) is 5.69 Å². The Morgan fingerprint density at radius 2 is 1.11 bits per heavy atom. The van der Waals surface area contributed by atoms with Crippen LogP contribution in [0.15, 0.2) is 24.3 Å². The van der Waals surface area contributed by atoms with Crippen LogP contribution in [0.25, 0.3) is 0 Å². The molecule has 3 amide bonds. The minimum atomic E-state index is -1.07. The van der Waals surface area contributed by atoms with Gasteiger partial charge in [-0.15, -0.1) is 0 Å². The Morgan fingerprint density at radius 1 is 0.679 bits per heavy atom. The molecule has 18 heteroatoms. The van der Waals surface area contributed by atoms with E-state index in [2.05, 4.69) is 16.0 Å². The lowest BCUT2D eigenvalue weighted by molar-refractivity contribution is -0.140. The first-order valence-electron chi connectivity index (χ1n) is 17.7. The summed E-state index contributed by atoms with van der Waals surface area (Å²) in [6.07, 6.45) is 1.38. The fourth-order valence-corrected chi connectivity index (χ4v) is 5.62. The van der Waals surface area contributed by atoms with E-state index in [0.717, 1.165) is 0 Å². The molecule has 2 rings (SSSR count). The van der Waals surface area contributed by atoms with E-state index >= 15 is 0 Å². The number of unbranched alkanes of at least 4 members (excludes halogenated alkanes) is 1. The summed E-state index contributed by atoms with van der Waals surface area (Å²) in [6, 6.07) is 5.45. The van der Waals surface area contributed by atoms with Gasteiger partial charge in [-0.3, -0.25) is 53.2 Å². The van der Waals surface area contributed by atoms with Crippen LogP contribution in [0.1, 0.15) is 50.4 Å². The van der Waals surface area contributed by atoms with Gasteiger partial charge in [-0.05, 0) is 50.1 Å². The number of carbonyl (C=O) groups excluding carboxylic acids is 4. The molecule has 0 aromatic heterocycles. The summed E-state index contributed by atoms with van der Waals surface area (Å²) >= 11 is 0. The molecular weight excluding hydrogens is 692 g/mol. The van der Waals surface area contributed by atoms with Crippen molar-refractivity contribution in [3.8, 4) is 0 Å². The molecule has 0 aliphatic carbocycles. The van der Waals surface area contributed by atoms with E-state index < -0.39 is 47.1 Å². The number of carboxylic acids is 3. The second-order valence-corrected chi connectivity index (χ2v) is 14.1. The number of nitrogens with one attached hydrogen (secondary N) is 3. The predicted octanol–water partition coefficient (Wildman–Crippen LogP) is -0.941. The minimum Gasteiger partial charge on any atom is -0.480 e. The number of nitrogens with zero attached hydrogens (tertiary/aromatic N) is 4. The lowest BCUT2D eigenvalue weighted by atomic mass is 9.86. The van der Waals surface area contributed by atoms with Gasteiger partial charge in [-0.25, -0.2) is 0 Å². The lowest BCUT2D eigenvalue weighted by Crippen LogP contribution is -2.52. The molecule has 1 heterocycles. The second-order valence-electron chi connectivity index (χ2n) is 14.1. The van der Waals surface area contributed by atoms with Gasteiger partial charge in [0.2, 0.25) is 17.7 Å². The Morgan fingerprint density at radius 3 is 1.51 bits per heavy atom. The highest BCUT2D eigenvalue weighted by atomic mass is 16.4. The van der Waals surface area contributed by atoms with Gasteiger partial charge < -0.3 is 37.0 Å². The fraction of sp³-hybridized carbons (Fsp3) is 0.629.